The maximum Gasteiger partial charge on any atom is 0.253 e. The molecule has 3 nitrogen and oxygen atoms in total. The minimum absolute atomic E-state index is 0.118. The molecule has 0 aliphatic rings. The second kappa shape index (κ2) is 8.81. The summed E-state index contributed by atoms with van der Waals surface area (Å²) in [5, 5.41) is 2.77. The van der Waals surface area contributed by atoms with Crippen LogP contribution in [0.5, 0.6) is 5.75 Å². The average Bonchev–Trinajstić information content (AvgIpc) is 2.51. The zero-order chi connectivity index (χ0) is 15.8. The van der Waals surface area contributed by atoms with E-state index in [0.29, 0.717) is 12.1 Å². The summed E-state index contributed by atoms with van der Waals surface area (Å²) in [6, 6.07) is 15.0. The number of carbonyl (C=O) groups is 1. The van der Waals surface area contributed by atoms with E-state index >= 15 is 0 Å². The topological polar surface area (TPSA) is 38.3 Å². The van der Waals surface area contributed by atoms with Gasteiger partial charge in [0.05, 0.1) is 12.1 Å². The number of rotatable bonds is 4. The molecule has 0 aliphatic carbocycles. The van der Waals surface area contributed by atoms with Gasteiger partial charge in [-0.05, 0) is 52.9 Å². The van der Waals surface area contributed by atoms with E-state index in [0.717, 1.165) is 13.8 Å². The Hall–Kier alpha value is -1.52. The second-order valence-corrected chi connectivity index (χ2v) is 6.34. The fourth-order valence-electron chi connectivity index (χ4n) is 1.65. The largest absolute Gasteiger partial charge is 0.481 e. The Balaban J connectivity index is 1.75. The van der Waals surface area contributed by atoms with Gasteiger partial charge < -0.3 is 10.1 Å². The predicted molar refractivity (Wildman–Crippen MR) is 98.9 cm³/mol. The zero-order valence-corrected chi connectivity index (χ0v) is 15.3. The van der Waals surface area contributed by atoms with Crippen LogP contribution in [0.2, 0.25) is 0 Å². The fraction of sp³-hybridized carbons (Fsp3) is 0.118. The highest BCUT2D eigenvalue weighted by Gasteiger charge is 2.06. The molecule has 0 fully saturated rings. The molecule has 1 N–H and O–H groups in total. The van der Waals surface area contributed by atoms with E-state index in [1.54, 1.807) is 6.07 Å². The van der Waals surface area contributed by atoms with Crippen molar-refractivity contribution in [2.45, 2.75) is 0 Å². The normalized spacial score (nSPS) is 9.55. The summed E-state index contributed by atoms with van der Waals surface area (Å²) >= 11 is 5.51. The van der Waals surface area contributed by atoms with Crippen molar-refractivity contribution >= 4 is 44.4 Å². The summed E-state index contributed by atoms with van der Waals surface area (Å²) in [5.74, 6) is 6.38. The molecule has 0 atom stereocenters. The van der Waals surface area contributed by atoms with Gasteiger partial charge in [0.2, 0.25) is 0 Å². The van der Waals surface area contributed by atoms with Gasteiger partial charge in [-0.3, -0.25) is 4.79 Å². The van der Waals surface area contributed by atoms with Crippen molar-refractivity contribution < 1.29 is 9.53 Å². The first-order chi connectivity index (χ1) is 10.7. The van der Waals surface area contributed by atoms with Gasteiger partial charge in [-0.2, -0.15) is 0 Å². The Labute approximate surface area is 151 Å². The van der Waals surface area contributed by atoms with Crippen LogP contribution in [-0.4, -0.2) is 19.1 Å². The van der Waals surface area contributed by atoms with Crippen molar-refractivity contribution in [3.63, 3.8) is 0 Å². The van der Waals surface area contributed by atoms with Crippen LogP contribution in [0, 0.1) is 15.4 Å². The third-order valence-corrected chi connectivity index (χ3v) is 4.12. The molecule has 0 bridgehead atoms. The van der Waals surface area contributed by atoms with E-state index < -0.39 is 0 Å². The third kappa shape index (κ3) is 5.35. The fourth-order valence-corrected chi connectivity index (χ4v) is 2.67. The van der Waals surface area contributed by atoms with Crippen LogP contribution in [0.1, 0.15) is 10.4 Å². The van der Waals surface area contributed by atoms with Crippen LogP contribution in [0.15, 0.2) is 53.0 Å². The molecule has 2 aromatic carbocycles. The molecule has 0 aromatic heterocycles. The maximum atomic E-state index is 11.9. The van der Waals surface area contributed by atoms with Gasteiger partial charge in [0, 0.05) is 8.04 Å². The summed E-state index contributed by atoms with van der Waals surface area (Å²) in [4.78, 5) is 11.9. The summed E-state index contributed by atoms with van der Waals surface area (Å²) in [7, 11) is 0. The number of carbonyl (C=O) groups excluding carboxylic acids is 1. The van der Waals surface area contributed by atoms with Gasteiger partial charge >= 0.3 is 0 Å². The number of ether oxygens (including phenoxy) is 1. The molecule has 0 radical (unpaired) electrons. The standard InChI is InChI=1S/C17H13BrINO2/c18-13-6-5-7-14(12-13)22-11-4-3-10-20-17(21)15-8-1-2-9-16(15)19/h1-2,5-9,12H,10-11H2,(H,20,21). The monoisotopic (exact) mass is 469 g/mol. The van der Waals surface area contributed by atoms with Crippen molar-refractivity contribution in [2.75, 3.05) is 13.2 Å². The summed E-state index contributed by atoms with van der Waals surface area (Å²) < 4.78 is 7.36. The molecule has 1 amide bonds. The number of halogens is 2. The average molecular weight is 470 g/mol. The van der Waals surface area contributed by atoms with E-state index in [4.69, 9.17) is 4.74 Å². The van der Waals surface area contributed by atoms with Gasteiger partial charge in [-0.15, -0.1) is 0 Å². The first kappa shape index (κ1) is 16.8. The lowest BCUT2D eigenvalue weighted by molar-refractivity contribution is 0.0958. The minimum Gasteiger partial charge on any atom is -0.481 e. The highest BCUT2D eigenvalue weighted by atomic mass is 127. The minimum atomic E-state index is -0.118. The molecule has 2 rings (SSSR count). The van der Waals surface area contributed by atoms with E-state index in [1.165, 1.54) is 0 Å². The predicted octanol–water partition coefficient (Wildman–Crippen LogP) is 3.87. The Bertz CT molecular complexity index is 722. The molecule has 0 unspecified atom stereocenters. The lowest BCUT2D eigenvalue weighted by atomic mass is 10.2. The summed E-state index contributed by atoms with van der Waals surface area (Å²) in [6.07, 6.45) is 0. The molecule has 5 heteroatoms. The molecular formula is C17H13BrINO2. The number of nitrogens with one attached hydrogen (secondary N) is 1. The van der Waals surface area contributed by atoms with Crippen LogP contribution < -0.4 is 10.1 Å². The van der Waals surface area contributed by atoms with E-state index in [9.17, 15) is 4.79 Å². The number of amides is 1. The van der Waals surface area contributed by atoms with Crippen LogP contribution in [0.25, 0.3) is 0 Å². The van der Waals surface area contributed by atoms with Gasteiger partial charge in [0.25, 0.3) is 5.91 Å². The van der Waals surface area contributed by atoms with E-state index in [1.807, 2.05) is 42.5 Å². The summed E-state index contributed by atoms with van der Waals surface area (Å²) in [5.41, 5.74) is 0.662. The molecule has 0 spiro atoms. The first-order valence-corrected chi connectivity index (χ1v) is 8.41. The van der Waals surface area contributed by atoms with Crippen molar-refractivity contribution in [3.05, 3.63) is 62.1 Å². The Morgan fingerprint density at radius 1 is 1.18 bits per heavy atom. The van der Waals surface area contributed by atoms with Crippen molar-refractivity contribution in [1.29, 1.82) is 0 Å². The highest BCUT2D eigenvalue weighted by Crippen LogP contribution is 2.17. The van der Waals surface area contributed by atoms with Gasteiger partial charge in [-0.1, -0.05) is 46.0 Å². The molecular weight excluding hydrogens is 457 g/mol. The van der Waals surface area contributed by atoms with Crippen LogP contribution in [0.4, 0.5) is 0 Å². The molecule has 22 heavy (non-hydrogen) atoms. The van der Waals surface area contributed by atoms with Gasteiger partial charge in [-0.25, -0.2) is 0 Å². The lowest BCUT2D eigenvalue weighted by Crippen LogP contribution is -2.24. The lowest BCUT2D eigenvalue weighted by Gasteiger charge is -2.03. The van der Waals surface area contributed by atoms with E-state index in [-0.39, 0.29) is 12.5 Å². The quantitative estimate of drug-likeness (QED) is 0.545. The van der Waals surface area contributed by atoms with Gasteiger partial charge in [0.15, 0.2) is 0 Å². The Kier molecular flexibility index (Phi) is 6.74. The van der Waals surface area contributed by atoms with Crippen LogP contribution in [0.3, 0.4) is 0 Å². The molecule has 0 aliphatic heterocycles. The molecule has 2 aromatic rings. The Morgan fingerprint density at radius 2 is 2.00 bits per heavy atom. The SMILES string of the molecule is O=C(NCC#CCOc1cccc(Br)c1)c1ccccc1I. The van der Waals surface area contributed by atoms with E-state index in [2.05, 4.69) is 55.7 Å². The van der Waals surface area contributed by atoms with Crippen molar-refractivity contribution in [1.82, 2.24) is 5.32 Å². The molecule has 0 saturated heterocycles. The zero-order valence-electron chi connectivity index (χ0n) is 11.6. The second-order valence-electron chi connectivity index (χ2n) is 4.26. The molecule has 0 saturated carbocycles. The summed E-state index contributed by atoms with van der Waals surface area (Å²) in [6.45, 7) is 0.584. The first-order valence-electron chi connectivity index (χ1n) is 6.53. The van der Waals surface area contributed by atoms with Crippen molar-refractivity contribution in [2.24, 2.45) is 0 Å². The third-order valence-electron chi connectivity index (χ3n) is 2.69. The number of benzene rings is 2. The number of hydrogen-bond donors (Lipinski definition) is 1. The van der Waals surface area contributed by atoms with Crippen LogP contribution >= 0.6 is 38.5 Å². The number of hydrogen-bond acceptors (Lipinski definition) is 2. The van der Waals surface area contributed by atoms with Gasteiger partial charge in [0.1, 0.15) is 12.4 Å². The molecule has 0 heterocycles. The Morgan fingerprint density at radius 3 is 2.77 bits per heavy atom. The van der Waals surface area contributed by atoms with Crippen molar-refractivity contribution in [3.8, 4) is 17.6 Å². The smallest absolute Gasteiger partial charge is 0.253 e. The molecule has 112 valence electrons. The highest BCUT2D eigenvalue weighted by molar-refractivity contribution is 14.1. The maximum absolute atomic E-state index is 11.9. The van der Waals surface area contributed by atoms with Crippen LogP contribution in [-0.2, 0) is 0 Å².